The van der Waals surface area contributed by atoms with Crippen LogP contribution in [0.3, 0.4) is 0 Å². The van der Waals surface area contributed by atoms with E-state index in [-0.39, 0.29) is 5.56 Å². The molecule has 1 aliphatic heterocycles. The van der Waals surface area contributed by atoms with Gasteiger partial charge in [-0.25, -0.2) is 4.68 Å². The number of halogens is 1. The number of aliphatic hydroxyl groups is 1. The maximum atomic E-state index is 12.8. The van der Waals surface area contributed by atoms with Gasteiger partial charge in [0, 0.05) is 35.2 Å². The van der Waals surface area contributed by atoms with Crippen LogP contribution in [0.4, 0.5) is 0 Å². The van der Waals surface area contributed by atoms with Crippen LogP contribution in [0.1, 0.15) is 31.0 Å². The minimum absolute atomic E-state index is 0.221. The highest BCUT2D eigenvalue weighted by Gasteiger charge is 2.45. The van der Waals surface area contributed by atoms with Crippen LogP contribution in [0, 0.1) is 6.92 Å². The Kier molecular flexibility index (Phi) is 4.13. The number of nitrogens with zero attached hydrogens (tertiary/aromatic N) is 3. The Morgan fingerprint density at radius 2 is 2.04 bits per heavy atom. The molecule has 1 aromatic carbocycles. The largest absolute Gasteiger partial charge is 0.485 e. The Morgan fingerprint density at radius 1 is 1.26 bits per heavy atom. The van der Waals surface area contributed by atoms with Crippen LogP contribution in [0.15, 0.2) is 53.7 Å². The Balaban J connectivity index is 1.97. The van der Waals surface area contributed by atoms with Crippen molar-refractivity contribution in [2.45, 2.75) is 38.5 Å². The van der Waals surface area contributed by atoms with E-state index in [4.69, 9.17) is 16.3 Å². The molecule has 0 radical (unpaired) electrons. The third kappa shape index (κ3) is 2.85. The van der Waals surface area contributed by atoms with E-state index in [0.29, 0.717) is 16.3 Å². The number of benzene rings is 1. The summed E-state index contributed by atoms with van der Waals surface area (Å²) in [6.45, 7) is 5.54. The van der Waals surface area contributed by atoms with Crippen LogP contribution in [0.2, 0.25) is 5.02 Å². The molecule has 27 heavy (non-hydrogen) atoms. The van der Waals surface area contributed by atoms with Crippen molar-refractivity contribution in [3.63, 3.8) is 0 Å². The highest BCUT2D eigenvalue weighted by atomic mass is 35.5. The van der Waals surface area contributed by atoms with Crippen LogP contribution in [-0.4, -0.2) is 31.2 Å². The number of hydrogen-bond acceptors (Lipinski definition) is 4. The van der Waals surface area contributed by atoms with Gasteiger partial charge in [0.05, 0.1) is 5.69 Å². The van der Waals surface area contributed by atoms with Gasteiger partial charge in [-0.05, 0) is 50.6 Å². The van der Waals surface area contributed by atoms with Crippen molar-refractivity contribution in [1.82, 2.24) is 14.3 Å². The molecule has 140 valence electrons. The molecule has 1 N–H and O–H groups in total. The first kappa shape index (κ1) is 17.8. The highest BCUT2D eigenvalue weighted by molar-refractivity contribution is 6.30. The molecule has 0 bridgehead atoms. The van der Waals surface area contributed by atoms with Crippen molar-refractivity contribution in [2.75, 3.05) is 0 Å². The Bertz CT molecular complexity index is 1070. The molecular weight excluding hydrogens is 366 g/mol. The molecule has 0 fully saturated rings. The Morgan fingerprint density at radius 3 is 2.78 bits per heavy atom. The third-order valence-corrected chi connectivity index (χ3v) is 5.23. The molecule has 7 heteroatoms. The highest BCUT2D eigenvalue weighted by Crippen LogP contribution is 2.41. The lowest BCUT2D eigenvalue weighted by Crippen LogP contribution is -2.52. The van der Waals surface area contributed by atoms with Crippen LogP contribution in [0.25, 0.3) is 5.69 Å². The Hall–Kier alpha value is -2.57. The molecular formula is C20H20ClN3O3. The van der Waals surface area contributed by atoms with E-state index in [2.05, 4.69) is 4.98 Å². The summed E-state index contributed by atoms with van der Waals surface area (Å²) in [5, 5.41) is 11.7. The van der Waals surface area contributed by atoms with Gasteiger partial charge in [-0.3, -0.25) is 14.5 Å². The van der Waals surface area contributed by atoms with Crippen LogP contribution in [-0.2, 0) is 0 Å². The molecule has 1 aliphatic rings. The molecule has 0 aliphatic carbocycles. The molecule has 6 nitrogen and oxygen atoms in total. The van der Waals surface area contributed by atoms with E-state index in [1.807, 2.05) is 19.1 Å². The predicted molar refractivity (Wildman–Crippen MR) is 103 cm³/mol. The van der Waals surface area contributed by atoms with Crippen molar-refractivity contribution >= 4 is 11.6 Å². The second kappa shape index (κ2) is 6.25. The van der Waals surface area contributed by atoms with Crippen molar-refractivity contribution < 1.29 is 9.84 Å². The zero-order chi connectivity index (χ0) is 19.3. The third-order valence-electron chi connectivity index (χ3n) is 5.00. The van der Waals surface area contributed by atoms with Gasteiger partial charge in [-0.1, -0.05) is 11.6 Å². The summed E-state index contributed by atoms with van der Waals surface area (Å²) in [5.74, 6) is 0.609. The molecule has 2 aromatic heterocycles. The lowest BCUT2D eigenvalue weighted by Gasteiger charge is -2.42. The smallest absolute Gasteiger partial charge is 0.267 e. The van der Waals surface area contributed by atoms with Gasteiger partial charge in [0.15, 0.2) is 0 Å². The van der Waals surface area contributed by atoms with E-state index in [9.17, 15) is 9.90 Å². The van der Waals surface area contributed by atoms with E-state index in [1.165, 1.54) is 6.07 Å². The van der Waals surface area contributed by atoms with Gasteiger partial charge in [0.25, 0.3) is 5.56 Å². The molecule has 0 unspecified atom stereocenters. The summed E-state index contributed by atoms with van der Waals surface area (Å²) >= 11 is 6.08. The first-order valence-corrected chi connectivity index (χ1v) is 9.05. The van der Waals surface area contributed by atoms with Crippen LogP contribution in [0.5, 0.6) is 5.75 Å². The summed E-state index contributed by atoms with van der Waals surface area (Å²) < 4.78 is 9.25. The number of aryl methyl sites for hydroxylation is 1. The molecule has 0 saturated carbocycles. The van der Waals surface area contributed by atoms with E-state index in [1.54, 1.807) is 53.9 Å². The lowest BCUT2D eigenvalue weighted by molar-refractivity contribution is -0.0676. The fourth-order valence-corrected chi connectivity index (χ4v) is 3.83. The minimum atomic E-state index is -0.951. The fourth-order valence-electron chi connectivity index (χ4n) is 3.60. The number of ether oxygens (including phenoxy) is 1. The Labute approximate surface area is 161 Å². The number of hydrogen-bond donors (Lipinski definition) is 1. The molecule has 3 aromatic rings. The summed E-state index contributed by atoms with van der Waals surface area (Å²) in [6.07, 6.45) is 4.02. The molecule has 3 heterocycles. The molecule has 0 saturated heterocycles. The zero-order valence-electron chi connectivity index (χ0n) is 15.3. The maximum absolute atomic E-state index is 12.8. The second-order valence-electron chi connectivity index (χ2n) is 7.28. The molecule has 4 rings (SSSR count). The van der Waals surface area contributed by atoms with Gasteiger partial charge in [-0.2, -0.15) is 0 Å². The predicted octanol–water partition coefficient (Wildman–Crippen LogP) is 3.12. The topological polar surface area (TPSA) is 69.3 Å². The summed E-state index contributed by atoms with van der Waals surface area (Å²) in [5.41, 5.74) is 1.30. The van der Waals surface area contributed by atoms with Gasteiger partial charge in [0.2, 0.25) is 0 Å². The van der Waals surface area contributed by atoms with Crippen LogP contribution >= 0.6 is 11.6 Å². The van der Waals surface area contributed by atoms with Gasteiger partial charge in [-0.15, -0.1) is 0 Å². The zero-order valence-corrected chi connectivity index (χ0v) is 16.0. The van der Waals surface area contributed by atoms with E-state index < -0.39 is 17.7 Å². The second-order valence-corrected chi connectivity index (χ2v) is 7.72. The van der Waals surface area contributed by atoms with Crippen molar-refractivity contribution in [2.24, 2.45) is 0 Å². The van der Waals surface area contributed by atoms with Gasteiger partial charge < -0.3 is 9.84 Å². The fraction of sp³-hybridized carbons (Fsp3) is 0.300. The first-order valence-electron chi connectivity index (χ1n) is 8.67. The average molecular weight is 386 g/mol. The monoisotopic (exact) mass is 385 g/mol. The maximum Gasteiger partial charge on any atom is 0.267 e. The minimum Gasteiger partial charge on any atom is -0.485 e. The summed E-state index contributed by atoms with van der Waals surface area (Å²) in [7, 11) is 0. The number of fused-ring (bicyclic) bond motifs is 1. The standard InChI is InChI=1S/C20H20ClN3O3/c1-12-10-13(21)4-5-15(12)23-9-7-17(25)24(23)18-14-11-22-8-6-16(14)27-20(2,3)19(18)26/h4-11,18-19,26H,1-3H3/t18-,19+/m1/s1. The summed E-state index contributed by atoms with van der Waals surface area (Å²) in [6, 6.07) is 8.06. The molecule has 0 spiro atoms. The average Bonchev–Trinajstić information content (AvgIpc) is 2.97. The van der Waals surface area contributed by atoms with Crippen molar-refractivity contribution in [3.8, 4) is 11.4 Å². The van der Waals surface area contributed by atoms with Crippen molar-refractivity contribution in [1.29, 1.82) is 0 Å². The van der Waals surface area contributed by atoms with Gasteiger partial charge >= 0.3 is 0 Å². The lowest BCUT2D eigenvalue weighted by atomic mass is 9.87. The van der Waals surface area contributed by atoms with E-state index in [0.717, 1.165) is 11.3 Å². The SMILES string of the molecule is Cc1cc(Cl)ccc1-n1ccc(=O)n1[C@@H]1c2cnccc2OC(C)(C)[C@H]1O. The van der Waals surface area contributed by atoms with E-state index >= 15 is 0 Å². The molecule has 2 atom stereocenters. The van der Waals surface area contributed by atoms with Crippen molar-refractivity contribution in [3.05, 3.63) is 75.4 Å². The number of aromatic nitrogens is 3. The number of rotatable bonds is 2. The number of pyridine rings is 1. The van der Waals surface area contributed by atoms with Crippen LogP contribution < -0.4 is 10.3 Å². The van der Waals surface area contributed by atoms with Gasteiger partial charge in [0.1, 0.15) is 23.5 Å². The summed E-state index contributed by atoms with van der Waals surface area (Å²) in [4.78, 5) is 17.0. The normalized spacial score (nSPS) is 20.8. The molecule has 0 amide bonds. The quantitative estimate of drug-likeness (QED) is 0.735. The first-order chi connectivity index (χ1) is 12.8. The number of aliphatic hydroxyl groups excluding tert-OH is 1.